The van der Waals surface area contributed by atoms with Crippen molar-refractivity contribution in [1.82, 2.24) is 4.90 Å². The minimum absolute atomic E-state index is 0.595. The molecule has 1 heterocycles. The molecule has 1 saturated heterocycles. The minimum Gasteiger partial charge on any atom is -0.399 e. The van der Waals surface area contributed by atoms with Gasteiger partial charge in [0.1, 0.15) is 0 Å². The standard InChI is InChI=1S/C18H20F3N3/c19-18(20,21)15-4-2-6-17(12-15)24-9-7-23(8-10-24)13-14-3-1-5-16(22)11-14/h1-6,11-12H,7-10,13,22H2. The lowest BCUT2D eigenvalue weighted by Gasteiger charge is -2.36. The van der Waals surface area contributed by atoms with Gasteiger partial charge in [0.2, 0.25) is 0 Å². The van der Waals surface area contributed by atoms with E-state index in [1.807, 2.05) is 29.2 Å². The maximum absolute atomic E-state index is 12.8. The Morgan fingerprint density at radius 2 is 1.62 bits per heavy atom. The molecule has 1 aliphatic heterocycles. The van der Waals surface area contributed by atoms with Crippen molar-refractivity contribution in [3.8, 4) is 0 Å². The van der Waals surface area contributed by atoms with Gasteiger partial charge < -0.3 is 10.6 Å². The minimum atomic E-state index is -4.30. The number of hydrogen-bond acceptors (Lipinski definition) is 3. The van der Waals surface area contributed by atoms with Gasteiger partial charge in [0, 0.05) is 44.1 Å². The summed E-state index contributed by atoms with van der Waals surface area (Å²) in [6.45, 7) is 3.85. The molecule has 3 rings (SSSR count). The molecule has 0 unspecified atom stereocenters. The van der Waals surface area contributed by atoms with E-state index < -0.39 is 11.7 Å². The van der Waals surface area contributed by atoms with Gasteiger partial charge in [0.05, 0.1) is 5.56 Å². The Labute approximate surface area is 139 Å². The van der Waals surface area contributed by atoms with Gasteiger partial charge in [-0.2, -0.15) is 13.2 Å². The number of alkyl halides is 3. The normalized spacial score (nSPS) is 16.4. The molecule has 2 N–H and O–H groups in total. The number of halogens is 3. The molecule has 0 atom stereocenters. The first-order chi connectivity index (χ1) is 11.4. The van der Waals surface area contributed by atoms with E-state index in [4.69, 9.17) is 5.73 Å². The van der Waals surface area contributed by atoms with Crippen LogP contribution in [0.2, 0.25) is 0 Å². The Bertz CT molecular complexity index is 692. The SMILES string of the molecule is Nc1cccc(CN2CCN(c3cccc(C(F)(F)F)c3)CC2)c1. The number of nitrogens with two attached hydrogens (primary N) is 1. The van der Waals surface area contributed by atoms with Crippen LogP contribution in [0.15, 0.2) is 48.5 Å². The number of anilines is 2. The summed E-state index contributed by atoms with van der Waals surface area (Å²) in [7, 11) is 0. The molecule has 0 bridgehead atoms. The Hall–Kier alpha value is -2.21. The van der Waals surface area contributed by atoms with Crippen LogP contribution in [-0.2, 0) is 12.7 Å². The molecule has 128 valence electrons. The monoisotopic (exact) mass is 335 g/mol. The molecule has 1 fully saturated rings. The van der Waals surface area contributed by atoms with Crippen molar-refractivity contribution >= 4 is 11.4 Å². The second-order valence-corrected chi connectivity index (χ2v) is 6.06. The molecule has 0 spiro atoms. The predicted molar refractivity (Wildman–Crippen MR) is 89.8 cm³/mol. The quantitative estimate of drug-likeness (QED) is 0.870. The third kappa shape index (κ3) is 4.00. The molecule has 2 aromatic carbocycles. The lowest BCUT2D eigenvalue weighted by atomic mass is 10.1. The Morgan fingerprint density at radius 3 is 2.29 bits per heavy atom. The van der Waals surface area contributed by atoms with E-state index >= 15 is 0 Å². The first-order valence-electron chi connectivity index (χ1n) is 7.91. The molecule has 2 aromatic rings. The van der Waals surface area contributed by atoms with Crippen LogP contribution < -0.4 is 10.6 Å². The van der Waals surface area contributed by atoms with E-state index in [0.29, 0.717) is 18.8 Å². The first-order valence-corrected chi connectivity index (χ1v) is 7.91. The van der Waals surface area contributed by atoms with Crippen molar-refractivity contribution in [2.45, 2.75) is 12.7 Å². The lowest BCUT2D eigenvalue weighted by Crippen LogP contribution is -2.46. The first kappa shape index (κ1) is 16.6. The number of piperazine rings is 1. The summed E-state index contributed by atoms with van der Waals surface area (Å²) in [5.74, 6) is 0. The highest BCUT2D eigenvalue weighted by molar-refractivity contribution is 5.49. The van der Waals surface area contributed by atoms with Crippen molar-refractivity contribution in [1.29, 1.82) is 0 Å². The highest BCUT2D eigenvalue weighted by atomic mass is 19.4. The van der Waals surface area contributed by atoms with Gasteiger partial charge >= 0.3 is 6.18 Å². The highest BCUT2D eigenvalue weighted by Gasteiger charge is 2.31. The maximum Gasteiger partial charge on any atom is 0.416 e. The summed E-state index contributed by atoms with van der Waals surface area (Å²) in [4.78, 5) is 4.30. The number of nitrogen functional groups attached to an aromatic ring is 1. The zero-order valence-electron chi connectivity index (χ0n) is 13.3. The summed E-state index contributed by atoms with van der Waals surface area (Å²) >= 11 is 0. The van der Waals surface area contributed by atoms with E-state index in [-0.39, 0.29) is 0 Å². The Morgan fingerprint density at radius 1 is 0.917 bits per heavy atom. The third-order valence-corrected chi connectivity index (χ3v) is 4.27. The average Bonchev–Trinajstić information content (AvgIpc) is 2.55. The highest BCUT2D eigenvalue weighted by Crippen LogP contribution is 2.31. The number of nitrogens with zero attached hydrogens (tertiary/aromatic N) is 2. The molecule has 0 saturated carbocycles. The van der Waals surface area contributed by atoms with Gasteiger partial charge in [0.25, 0.3) is 0 Å². The van der Waals surface area contributed by atoms with E-state index in [9.17, 15) is 13.2 Å². The fourth-order valence-corrected chi connectivity index (χ4v) is 2.99. The molecule has 24 heavy (non-hydrogen) atoms. The topological polar surface area (TPSA) is 32.5 Å². The molecule has 3 nitrogen and oxygen atoms in total. The molecule has 0 aromatic heterocycles. The van der Waals surface area contributed by atoms with Gasteiger partial charge in [-0.05, 0) is 35.9 Å². The van der Waals surface area contributed by atoms with Crippen LogP contribution in [0.5, 0.6) is 0 Å². The summed E-state index contributed by atoms with van der Waals surface area (Å²) in [5, 5.41) is 0. The largest absolute Gasteiger partial charge is 0.416 e. The van der Waals surface area contributed by atoms with Crippen LogP contribution in [0, 0.1) is 0 Å². The summed E-state index contributed by atoms with van der Waals surface area (Å²) in [6, 6.07) is 13.3. The zero-order chi connectivity index (χ0) is 17.2. The third-order valence-electron chi connectivity index (χ3n) is 4.27. The fraction of sp³-hybridized carbons (Fsp3) is 0.333. The van der Waals surface area contributed by atoms with Crippen LogP contribution >= 0.6 is 0 Å². The van der Waals surface area contributed by atoms with Crippen LogP contribution in [-0.4, -0.2) is 31.1 Å². The van der Waals surface area contributed by atoms with Crippen molar-refractivity contribution in [2.75, 3.05) is 36.8 Å². The van der Waals surface area contributed by atoms with Gasteiger partial charge in [-0.15, -0.1) is 0 Å². The van der Waals surface area contributed by atoms with Crippen molar-refractivity contribution in [3.05, 3.63) is 59.7 Å². The number of rotatable bonds is 3. The smallest absolute Gasteiger partial charge is 0.399 e. The molecule has 6 heteroatoms. The summed E-state index contributed by atoms with van der Waals surface area (Å²) in [5.41, 5.74) is 7.73. The van der Waals surface area contributed by atoms with E-state index in [1.54, 1.807) is 6.07 Å². The lowest BCUT2D eigenvalue weighted by molar-refractivity contribution is -0.137. The molecular weight excluding hydrogens is 315 g/mol. The maximum atomic E-state index is 12.8. The fourth-order valence-electron chi connectivity index (χ4n) is 2.99. The number of hydrogen-bond donors (Lipinski definition) is 1. The van der Waals surface area contributed by atoms with E-state index in [2.05, 4.69) is 4.90 Å². The summed E-state index contributed by atoms with van der Waals surface area (Å²) < 4.78 is 38.5. The molecule has 0 amide bonds. The van der Waals surface area contributed by atoms with Crippen LogP contribution in [0.25, 0.3) is 0 Å². The van der Waals surface area contributed by atoms with Crippen LogP contribution in [0.3, 0.4) is 0 Å². The Kier molecular flexibility index (Phi) is 4.66. The van der Waals surface area contributed by atoms with Crippen molar-refractivity contribution < 1.29 is 13.2 Å². The zero-order valence-corrected chi connectivity index (χ0v) is 13.3. The van der Waals surface area contributed by atoms with E-state index in [0.717, 1.165) is 37.0 Å². The summed E-state index contributed by atoms with van der Waals surface area (Å²) in [6.07, 6.45) is -4.30. The van der Waals surface area contributed by atoms with Gasteiger partial charge in [-0.3, -0.25) is 4.90 Å². The molecule has 1 aliphatic rings. The molecular formula is C18H20F3N3. The number of benzene rings is 2. The van der Waals surface area contributed by atoms with E-state index in [1.165, 1.54) is 12.1 Å². The molecule has 0 radical (unpaired) electrons. The Balaban J connectivity index is 1.61. The molecule has 0 aliphatic carbocycles. The second kappa shape index (κ2) is 6.73. The van der Waals surface area contributed by atoms with Crippen molar-refractivity contribution in [2.24, 2.45) is 0 Å². The van der Waals surface area contributed by atoms with Gasteiger partial charge in [-0.25, -0.2) is 0 Å². The van der Waals surface area contributed by atoms with Gasteiger partial charge in [0.15, 0.2) is 0 Å². The van der Waals surface area contributed by atoms with Crippen LogP contribution in [0.1, 0.15) is 11.1 Å². The van der Waals surface area contributed by atoms with Crippen LogP contribution in [0.4, 0.5) is 24.5 Å². The predicted octanol–water partition coefficient (Wildman–Crippen LogP) is 3.61. The van der Waals surface area contributed by atoms with Gasteiger partial charge in [-0.1, -0.05) is 18.2 Å². The average molecular weight is 335 g/mol. The van der Waals surface area contributed by atoms with Crippen molar-refractivity contribution in [3.63, 3.8) is 0 Å². The second-order valence-electron chi connectivity index (χ2n) is 6.06.